The summed E-state index contributed by atoms with van der Waals surface area (Å²) in [4.78, 5) is 0. The molecule has 2 rings (SSSR count). The van der Waals surface area contributed by atoms with Gasteiger partial charge in [0.15, 0.2) is 0 Å². The van der Waals surface area contributed by atoms with Gasteiger partial charge in [-0.15, -0.1) is 0 Å². The van der Waals surface area contributed by atoms with E-state index in [2.05, 4.69) is 4.40 Å². The second kappa shape index (κ2) is 6.06. The van der Waals surface area contributed by atoms with E-state index in [0.29, 0.717) is 0 Å². The molecule has 0 atom stereocenters. The van der Waals surface area contributed by atoms with Crippen LogP contribution in [-0.2, 0) is 0 Å². The molecule has 0 amide bonds. The van der Waals surface area contributed by atoms with Crippen molar-refractivity contribution >= 4 is 17.7 Å². The van der Waals surface area contributed by atoms with Gasteiger partial charge < -0.3 is 0 Å². The summed E-state index contributed by atoms with van der Waals surface area (Å²) in [5, 5.41) is 1.95. The number of hydrogen-bond acceptors (Lipinski definition) is 2. The number of nitrogens with zero attached hydrogens (tertiary/aromatic N) is 1. The standard InChI is InChI=1S/C6H7NS.C4H8/c1-6-4-2-3-5-8-7-6;1-2-4-3-1/h2-5H,1H3;1-4H2. The van der Waals surface area contributed by atoms with E-state index in [-0.39, 0.29) is 0 Å². The second-order valence-electron chi connectivity index (χ2n) is 2.94. The molecule has 0 bridgehead atoms. The van der Waals surface area contributed by atoms with E-state index in [1.54, 1.807) is 0 Å². The maximum absolute atomic E-state index is 4.08. The quantitative estimate of drug-likeness (QED) is 0.518. The summed E-state index contributed by atoms with van der Waals surface area (Å²) in [5.41, 5.74) is 1.07. The Kier molecular flexibility index (Phi) is 4.85. The normalized spacial score (nSPS) is 19.9. The summed E-state index contributed by atoms with van der Waals surface area (Å²) in [6.45, 7) is 1.98. The number of allylic oxidation sites excluding steroid dienone is 3. The lowest BCUT2D eigenvalue weighted by atomic mass is 10.0. The van der Waals surface area contributed by atoms with E-state index in [1.807, 2.05) is 30.6 Å². The molecule has 0 N–H and O–H groups in total. The van der Waals surface area contributed by atoms with Crippen LogP contribution in [0.2, 0.25) is 0 Å². The maximum Gasteiger partial charge on any atom is 0.0459 e. The Hall–Kier alpha value is -0.500. The summed E-state index contributed by atoms with van der Waals surface area (Å²) in [7, 11) is 0. The van der Waals surface area contributed by atoms with Crippen LogP contribution in [0.25, 0.3) is 0 Å². The smallest absolute Gasteiger partial charge is 0.0459 e. The molecule has 1 fully saturated rings. The van der Waals surface area contributed by atoms with Gasteiger partial charge in [-0.25, -0.2) is 4.40 Å². The molecular formula is C10H15NS. The minimum atomic E-state index is 1.07. The fourth-order valence-corrected chi connectivity index (χ4v) is 1.12. The molecule has 1 saturated carbocycles. The van der Waals surface area contributed by atoms with Gasteiger partial charge in [-0.3, -0.25) is 0 Å². The lowest BCUT2D eigenvalue weighted by Gasteiger charge is -2.05. The molecule has 2 heteroatoms. The first-order valence-corrected chi connectivity index (χ1v) is 5.27. The molecule has 1 nitrogen and oxygen atoms in total. The first-order valence-electron chi connectivity index (χ1n) is 4.43. The predicted molar refractivity (Wildman–Crippen MR) is 57.4 cm³/mol. The van der Waals surface area contributed by atoms with E-state index in [9.17, 15) is 0 Å². The number of rotatable bonds is 0. The van der Waals surface area contributed by atoms with Crippen molar-refractivity contribution in [1.82, 2.24) is 0 Å². The van der Waals surface area contributed by atoms with E-state index >= 15 is 0 Å². The molecule has 12 heavy (non-hydrogen) atoms. The Labute approximate surface area is 78.8 Å². The predicted octanol–water partition coefficient (Wildman–Crippen LogP) is 3.74. The van der Waals surface area contributed by atoms with E-state index in [0.717, 1.165) is 5.71 Å². The minimum absolute atomic E-state index is 1.07. The third kappa shape index (κ3) is 4.39. The highest BCUT2D eigenvalue weighted by molar-refractivity contribution is 8.01. The van der Waals surface area contributed by atoms with Crippen molar-refractivity contribution < 1.29 is 0 Å². The highest BCUT2D eigenvalue weighted by Crippen LogP contribution is 2.15. The molecule has 0 unspecified atom stereocenters. The van der Waals surface area contributed by atoms with Gasteiger partial charge in [0, 0.05) is 17.7 Å². The van der Waals surface area contributed by atoms with Crippen molar-refractivity contribution in [3.05, 3.63) is 23.6 Å². The molecule has 0 aromatic carbocycles. The van der Waals surface area contributed by atoms with Crippen LogP contribution in [0.3, 0.4) is 0 Å². The van der Waals surface area contributed by atoms with Crippen molar-refractivity contribution in [1.29, 1.82) is 0 Å². The molecule has 1 heterocycles. The molecule has 0 spiro atoms. The first-order chi connectivity index (χ1) is 5.89. The zero-order valence-corrected chi connectivity index (χ0v) is 8.31. The molecule has 0 saturated heterocycles. The third-order valence-electron chi connectivity index (χ3n) is 1.78. The average molecular weight is 181 g/mol. The van der Waals surface area contributed by atoms with Crippen LogP contribution in [-0.4, -0.2) is 5.71 Å². The average Bonchev–Trinajstić information content (AvgIpc) is 2.12. The summed E-state index contributed by atoms with van der Waals surface area (Å²) in [6, 6.07) is 0. The van der Waals surface area contributed by atoms with Crippen molar-refractivity contribution in [2.24, 2.45) is 4.40 Å². The Morgan fingerprint density at radius 1 is 1.17 bits per heavy atom. The third-order valence-corrected chi connectivity index (χ3v) is 2.46. The van der Waals surface area contributed by atoms with Gasteiger partial charge >= 0.3 is 0 Å². The van der Waals surface area contributed by atoms with Crippen LogP contribution >= 0.6 is 11.9 Å². The van der Waals surface area contributed by atoms with Gasteiger partial charge in [-0.2, -0.15) is 0 Å². The number of hydrogen-bond donors (Lipinski definition) is 0. The van der Waals surface area contributed by atoms with Crippen LogP contribution in [0.1, 0.15) is 32.6 Å². The fraction of sp³-hybridized carbons (Fsp3) is 0.500. The van der Waals surface area contributed by atoms with Gasteiger partial charge in [0.25, 0.3) is 0 Å². The van der Waals surface area contributed by atoms with E-state index in [1.165, 1.54) is 37.6 Å². The second-order valence-corrected chi connectivity index (χ2v) is 3.61. The van der Waals surface area contributed by atoms with Crippen molar-refractivity contribution in [3.8, 4) is 0 Å². The lowest BCUT2D eigenvalue weighted by Crippen LogP contribution is -1.85. The van der Waals surface area contributed by atoms with Gasteiger partial charge in [0.05, 0.1) is 0 Å². The Morgan fingerprint density at radius 2 is 1.83 bits per heavy atom. The van der Waals surface area contributed by atoms with Gasteiger partial charge in [-0.1, -0.05) is 37.8 Å². The Bertz CT molecular complexity index is 193. The van der Waals surface area contributed by atoms with Crippen molar-refractivity contribution in [2.45, 2.75) is 32.6 Å². The van der Waals surface area contributed by atoms with Crippen LogP contribution in [0.15, 0.2) is 28.0 Å². The van der Waals surface area contributed by atoms with E-state index in [4.69, 9.17) is 0 Å². The molecule has 1 aliphatic heterocycles. The zero-order chi connectivity index (χ0) is 8.65. The minimum Gasteiger partial charge on any atom is -0.217 e. The largest absolute Gasteiger partial charge is 0.217 e. The van der Waals surface area contributed by atoms with Gasteiger partial charge in [-0.05, 0) is 18.4 Å². The first kappa shape index (κ1) is 9.59. The highest BCUT2D eigenvalue weighted by Gasteiger charge is 1.95. The summed E-state index contributed by atoms with van der Waals surface area (Å²) >= 11 is 1.47. The summed E-state index contributed by atoms with van der Waals surface area (Å²) < 4.78 is 4.08. The van der Waals surface area contributed by atoms with Crippen LogP contribution < -0.4 is 0 Å². The summed E-state index contributed by atoms with van der Waals surface area (Å²) in [5.74, 6) is 0. The topological polar surface area (TPSA) is 12.4 Å². The SMILES string of the molecule is C1CCC1.CC1=NSC=CC=C1. The van der Waals surface area contributed by atoms with Crippen LogP contribution in [0, 0.1) is 0 Å². The molecule has 0 aromatic heterocycles. The Morgan fingerprint density at radius 3 is 2.42 bits per heavy atom. The monoisotopic (exact) mass is 181 g/mol. The highest BCUT2D eigenvalue weighted by atomic mass is 32.2. The zero-order valence-electron chi connectivity index (χ0n) is 7.49. The molecule has 66 valence electrons. The fourth-order valence-electron chi connectivity index (χ4n) is 0.669. The molecule has 0 radical (unpaired) electrons. The molecule has 0 aromatic rings. The molecule has 2 aliphatic rings. The van der Waals surface area contributed by atoms with E-state index < -0.39 is 0 Å². The van der Waals surface area contributed by atoms with Crippen LogP contribution in [0.5, 0.6) is 0 Å². The lowest BCUT2D eigenvalue weighted by molar-refractivity contribution is 0.504. The van der Waals surface area contributed by atoms with Crippen molar-refractivity contribution in [2.75, 3.05) is 0 Å². The summed E-state index contributed by atoms with van der Waals surface area (Å²) in [6.07, 6.45) is 11.9. The van der Waals surface area contributed by atoms with Gasteiger partial charge in [0.2, 0.25) is 0 Å². The van der Waals surface area contributed by atoms with Crippen molar-refractivity contribution in [3.63, 3.8) is 0 Å². The van der Waals surface area contributed by atoms with Crippen LogP contribution in [0.4, 0.5) is 0 Å². The molecule has 1 aliphatic carbocycles. The van der Waals surface area contributed by atoms with Gasteiger partial charge in [0.1, 0.15) is 0 Å². The molecular weight excluding hydrogens is 166 g/mol. The Balaban J connectivity index is 0.000000150. The maximum atomic E-state index is 4.08.